The zero-order valence-corrected chi connectivity index (χ0v) is 15.8. The predicted octanol–water partition coefficient (Wildman–Crippen LogP) is 1.48. The highest BCUT2D eigenvalue weighted by atomic mass is 19.4. The summed E-state index contributed by atoms with van der Waals surface area (Å²) in [7, 11) is 1.64. The SMILES string of the molecule is CN(N)/C(=N\N)N1CCC(NC(=O)c2cnc3cc(C(F)(F)F)ccc3c2)CC1. The first-order valence-corrected chi connectivity index (χ1v) is 8.98. The van der Waals surface area contributed by atoms with Crippen LogP contribution in [0.5, 0.6) is 0 Å². The van der Waals surface area contributed by atoms with Crippen LogP contribution in [-0.2, 0) is 6.18 Å². The fraction of sp³-hybridized carbons (Fsp3) is 0.389. The molecule has 1 aromatic carbocycles. The summed E-state index contributed by atoms with van der Waals surface area (Å²) in [5, 5.41) is 8.42. The van der Waals surface area contributed by atoms with Crippen LogP contribution in [0.25, 0.3) is 10.9 Å². The first kappa shape index (κ1) is 20.6. The highest BCUT2D eigenvalue weighted by Gasteiger charge is 2.30. The first-order valence-electron chi connectivity index (χ1n) is 8.98. The van der Waals surface area contributed by atoms with Gasteiger partial charge in [0.2, 0.25) is 5.96 Å². The second-order valence-electron chi connectivity index (χ2n) is 6.90. The van der Waals surface area contributed by atoms with Crippen molar-refractivity contribution in [3.05, 3.63) is 41.6 Å². The molecule has 1 fully saturated rings. The Kier molecular flexibility index (Phi) is 5.78. The number of hydrogen-bond donors (Lipinski definition) is 3. The minimum absolute atomic E-state index is 0.0517. The van der Waals surface area contributed by atoms with E-state index in [-0.39, 0.29) is 17.5 Å². The third-order valence-electron chi connectivity index (χ3n) is 4.82. The van der Waals surface area contributed by atoms with E-state index in [0.717, 1.165) is 12.1 Å². The third-order valence-corrected chi connectivity index (χ3v) is 4.82. The molecule has 2 aromatic rings. The van der Waals surface area contributed by atoms with Gasteiger partial charge in [0.05, 0.1) is 16.6 Å². The lowest BCUT2D eigenvalue weighted by atomic mass is 10.0. The van der Waals surface area contributed by atoms with E-state index in [4.69, 9.17) is 11.7 Å². The van der Waals surface area contributed by atoms with Gasteiger partial charge in [0, 0.05) is 37.8 Å². The van der Waals surface area contributed by atoms with Crippen LogP contribution < -0.4 is 17.0 Å². The Morgan fingerprint density at radius 2 is 2.00 bits per heavy atom. The largest absolute Gasteiger partial charge is 0.416 e. The van der Waals surface area contributed by atoms with Crippen molar-refractivity contribution in [2.24, 2.45) is 16.8 Å². The van der Waals surface area contributed by atoms with Crippen molar-refractivity contribution in [3.63, 3.8) is 0 Å². The Labute approximate surface area is 165 Å². The number of hydrogen-bond acceptors (Lipinski definition) is 5. The number of nitrogens with zero attached hydrogens (tertiary/aromatic N) is 4. The Balaban J connectivity index is 1.65. The molecule has 0 radical (unpaired) electrons. The summed E-state index contributed by atoms with van der Waals surface area (Å²) >= 11 is 0. The van der Waals surface area contributed by atoms with E-state index in [9.17, 15) is 18.0 Å². The number of alkyl halides is 3. The number of fused-ring (bicyclic) bond motifs is 1. The number of aromatic nitrogens is 1. The smallest absolute Gasteiger partial charge is 0.349 e. The molecule has 0 aliphatic carbocycles. The molecule has 2 heterocycles. The lowest BCUT2D eigenvalue weighted by Gasteiger charge is -2.35. The molecule has 0 saturated carbocycles. The fourth-order valence-electron chi connectivity index (χ4n) is 3.31. The molecule has 5 N–H and O–H groups in total. The van der Waals surface area contributed by atoms with Crippen molar-refractivity contribution < 1.29 is 18.0 Å². The summed E-state index contributed by atoms with van der Waals surface area (Å²) in [6, 6.07) is 4.75. The molecular formula is C18H22F3N7O. The van der Waals surface area contributed by atoms with Crippen LogP contribution in [0.15, 0.2) is 35.6 Å². The molecule has 0 bridgehead atoms. The Bertz CT molecular complexity index is 921. The molecule has 156 valence electrons. The maximum absolute atomic E-state index is 12.8. The van der Waals surface area contributed by atoms with E-state index in [0.29, 0.717) is 42.8 Å². The average molecular weight is 409 g/mol. The number of nitrogens with one attached hydrogen (secondary N) is 1. The normalized spacial score (nSPS) is 16.2. The molecule has 1 aliphatic heterocycles. The number of piperidine rings is 1. The van der Waals surface area contributed by atoms with Crippen LogP contribution in [0.1, 0.15) is 28.8 Å². The van der Waals surface area contributed by atoms with E-state index < -0.39 is 11.7 Å². The number of carbonyl (C=O) groups excluding carboxylic acids is 1. The Morgan fingerprint density at radius 3 is 2.59 bits per heavy atom. The van der Waals surface area contributed by atoms with Gasteiger partial charge in [-0.05, 0) is 31.0 Å². The minimum atomic E-state index is -4.44. The van der Waals surface area contributed by atoms with Crippen LogP contribution in [0.2, 0.25) is 0 Å². The fourth-order valence-corrected chi connectivity index (χ4v) is 3.31. The molecule has 0 atom stereocenters. The van der Waals surface area contributed by atoms with Crippen LogP contribution in [-0.4, -0.2) is 52.9 Å². The summed E-state index contributed by atoms with van der Waals surface area (Å²) in [4.78, 5) is 18.5. The summed E-state index contributed by atoms with van der Waals surface area (Å²) in [6.07, 6.45) is -1.80. The number of carbonyl (C=O) groups is 1. The maximum atomic E-state index is 12.8. The van der Waals surface area contributed by atoms with Crippen molar-refractivity contribution in [1.82, 2.24) is 20.2 Å². The van der Waals surface area contributed by atoms with E-state index >= 15 is 0 Å². The molecule has 1 aromatic heterocycles. The molecular weight excluding hydrogens is 387 g/mol. The van der Waals surface area contributed by atoms with Gasteiger partial charge >= 0.3 is 6.18 Å². The number of pyridine rings is 1. The summed E-state index contributed by atoms with van der Waals surface area (Å²) < 4.78 is 38.4. The van der Waals surface area contributed by atoms with E-state index in [1.165, 1.54) is 23.3 Å². The number of rotatable bonds is 2. The monoisotopic (exact) mass is 409 g/mol. The number of halogens is 3. The van der Waals surface area contributed by atoms with E-state index in [1.807, 2.05) is 4.90 Å². The zero-order valence-electron chi connectivity index (χ0n) is 15.8. The zero-order chi connectivity index (χ0) is 21.2. The number of hydrazine groups is 1. The van der Waals surface area contributed by atoms with Crippen LogP contribution >= 0.6 is 0 Å². The highest BCUT2D eigenvalue weighted by Crippen LogP contribution is 2.31. The number of hydrazone groups is 1. The average Bonchev–Trinajstić information content (AvgIpc) is 2.68. The number of guanidine groups is 1. The third kappa shape index (κ3) is 4.67. The van der Waals surface area contributed by atoms with Crippen molar-refractivity contribution in [1.29, 1.82) is 0 Å². The molecule has 11 heteroatoms. The minimum Gasteiger partial charge on any atom is -0.349 e. The number of amides is 1. The number of nitrogens with two attached hydrogens (primary N) is 2. The van der Waals surface area contributed by atoms with Gasteiger partial charge < -0.3 is 16.1 Å². The van der Waals surface area contributed by atoms with Gasteiger partial charge in [-0.1, -0.05) is 6.07 Å². The molecule has 1 aliphatic rings. The van der Waals surface area contributed by atoms with Crippen molar-refractivity contribution in [3.8, 4) is 0 Å². The second-order valence-corrected chi connectivity index (χ2v) is 6.90. The van der Waals surface area contributed by atoms with Gasteiger partial charge in [0.25, 0.3) is 5.91 Å². The lowest BCUT2D eigenvalue weighted by Crippen LogP contribution is -2.52. The maximum Gasteiger partial charge on any atom is 0.416 e. The van der Waals surface area contributed by atoms with Gasteiger partial charge in [0.15, 0.2) is 0 Å². The second kappa shape index (κ2) is 8.11. The molecule has 1 amide bonds. The molecule has 0 unspecified atom stereocenters. The Hall–Kier alpha value is -3.08. The summed E-state index contributed by atoms with van der Waals surface area (Å²) in [5.41, 5.74) is -0.292. The van der Waals surface area contributed by atoms with E-state index in [1.54, 1.807) is 7.05 Å². The first-order chi connectivity index (χ1) is 13.7. The van der Waals surface area contributed by atoms with Gasteiger partial charge in [-0.2, -0.15) is 13.2 Å². The quantitative estimate of drug-likeness (QED) is 0.300. The number of likely N-dealkylation sites (tertiary alicyclic amines) is 1. The predicted molar refractivity (Wildman–Crippen MR) is 102 cm³/mol. The number of benzene rings is 1. The summed E-state index contributed by atoms with van der Waals surface area (Å²) in [5.74, 6) is 11.2. The van der Waals surface area contributed by atoms with E-state index in [2.05, 4.69) is 15.4 Å². The molecule has 8 nitrogen and oxygen atoms in total. The lowest BCUT2D eigenvalue weighted by molar-refractivity contribution is -0.137. The molecule has 3 rings (SSSR count). The van der Waals surface area contributed by atoms with Crippen LogP contribution in [0, 0.1) is 0 Å². The standard InChI is InChI=1S/C18H22F3N7O/c1-27(23)17(26-22)28-6-4-14(5-7-28)25-16(29)12-8-11-2-3-13(18(19,20)21)9-15(11)24-10-12/h2-3,8-10,14H,4-7,22-23H2,1H3,(H,25,29)/b26-17+. The molecule has 1 saturated heterocycles. The van der Waals surface area contributed by atoms with Gasteiger partial charge in [-0.25, -0.2) is 5.84 Å². The van der Waals surface area contributed by atoms with Crippen molar-refractivity contribution >= 4 is 22.8 Å². The van der Waals surface area contributed by atoms with Crippen molar-refractivity contribution in [2.75, 3.05) is 20.1 Å². The molecule has 29 heavy (non-hydrogen) atoms. The van der Waals surface area contributed by atoms with Crippen LogP contribution in [0.4, 0.5) is 13.2 Å². The van der Waals surface area contributed by atoms with Gasteiger partial charge in [0.1, 0.15) is 0 Å². The van der Waals surface area contributed by atoms with Gasteiger partial charge in [-0.3, -0.25) is 14.8 Å². The highest BCUT2D eigenvalue weighted by molar-refractivity contribution is 5.97. The summed E-state index contributed by atoms with van der Waals surface area (Å²) in [6.45, 7) is 1.25. The van der Waals surface area contributed by atoms with Crippen molar-refractivity contribution in [2.45, 2.75) is 25.1 Å². The topological polar surface area (TPSA) is 113 Å². The van der Waals surface area contributed by atoms with Crippen LogP contribution in [0.3, 0.4) is 0 Å². The Morgan fingerprint density at radius 1 is 1.31 bits per heavy atom. The van der Waals surface area contributed by atoms with Gasteiger partial charge in [-0.15, -0.1) is 5.10 Å². The molecule has 0 spiro atoms.